The van der Waals surface area contributed by atoms with Crippen LogP contribution in [0.4, 0.5) is 0 Å². The first kappa shape index (κ1) is 15.9. The van der Waals surface area contributed by atoms with Gasteiger partial charge in [0.1, 0.15) is 11.5 Å². The molecule has 0 unspecified atom stereocenters. The average Bonchev–Trinajstić information content (AvgIpc) is 3.22. The summed E-state index contributed by atoms with van der Waals surface area (Å²) in [5.41, 5.74) is 0.991. The highest BCUT2D eigenvalue weighted by Gasteiger charge is 2.33. The molecule has 0 aliphatic carbocycles. The van der Waals surface area contributed by atoms with Gasteiger partial charge >= 0.3 is 0 Å². The van der Waals surface area contributed by atoms with Crippen molar-refractivity contribution in [2.45, 2.75) is 18.9 Å². The molecule has 1 aliphatic rings. The average molecular weight is 380 g/mol. The van der Waals surface area contributed by atoms with E-state index in [1.54, 1.807) is 26.4 Å². The Kier molecular flexibility index (Phi) is 4.61. The molecule has 2 aromatic rings. The van der Waals surface area contributed by atoms with E-state index in [-0.39, 0.29) is 11.9 Å². The minimum absolute atomic E-state index is 0.0211. The number of nitrogens with zero attached hydrogens (tertiary/aromatic N) is 1. The Hall–Kier alpha value is -1.95. The maximum Gasteiger partial charge on any atom is 0.290 e. The molecule has 3 rings (SSSR count). The number of hydrogen-bond donors (Lipinski definition) is 0. The number of rotatable bonds is 4. The van der Waals surface area contributed by atoms with Crippen molar-refractivity contribution in [2.75, 3.05) is 20.8 Å². The molecule has 0 spiro atoms. The van der Waals surface area contributed by atoms with Gasteiger partial charge in [0.15, 0.2) is 10.4 Å². The highest BCUT2D eigenvalue weighted by atomic mass is 79.9. The number of amides is 1. The van der Waals surface area contributed by atoms with Crippen molar-refractivity contribution < 1.29 is 18.7 Å². The molecule has 1 saturated heterocycles. The summed E-state index contributed by atoms with van der Waals surface area (Å²) in [4.78, 5) is 14.6. The number of hydrogen-bond acceptors (Lipinski definition) is 4. The second-order valence-electron chi connectivity index (χ2n) is 5.37. The molecule has 122 valence electrons. The minimum atomic E-state index is -0.101. The van der Waals surface area contributed by atoms with E-state index >= 15 is 0 Å². The first-order chi connectivity index (χ1) is 11.1. The third-order valence-electron chi connectivity index (χ3n) is 4.10. The summed E-state index contributed by atoms with van der Waals surface area (Å²) in [5, 5.41) is 0. The van der Waals surface area contributed by atoms with Crippen molar-refractivity contribution >= 4 is 21.8 Å². The van der Waals surface area contributed by atoms with Gasteiger partial charge in [-0.2, -0.15) is 0 Å². The van der Waals surface area contributed by atoms with Gasteiger partial charge in [0.2, 0.25) is 0 Å². The Morgan fingerprint density at radius 1 is 1.26 bits per heavy atom. The summed E-state index contributed by atoms with van der Waals surface area (Å²) >= 11 is 3.24. The minimum Gasteiger partial charge on any atom is -0.497 e. The zero-order valence-electron chi connectivity index (χ0n) is 13.0. The van der Waals surface area contributed by atoms with Gasteiger partial charge in [0, 0.05) is 18.2 Å². The third-order valence-corrected chi connectivity index (χ3v) is 4.52. The van der Waals surface area contributed by atoms with Gasteiger partial charge in [-0.15, -0.1) is 0 Å². The Morgan fingerprint density at radius 3 is 2.74 bits per heavy atom. The van der Waals surface area contributed by atoms with Crippen LogP contribution < -0.4 is 9.47 Å². The monoisotopic (exact) mass is 379 g/mol. The van der Waals surface area contributed by atoms with Crippen LogP contribution in [0.15, 0.2) is 39.4 Å². The van der Waals surface area contributed by atoms with E-state index in [0.29, 0.717) is 17.0 Å². The second-order valence-corrected chi connectivity index (χ2v) is 6.15. The summed E-state index contributed by atoms with van der Waals surface area (Å²) in [6.07, 6.45) is 1.85. The van der Waals surface area contributed by atoms with Crippen LogP contribution in [0.1, 0.15) is 35.0 Å². The van der Waals surface area contributed by atoms with Crippen molar-refractivity contribution in [1.29, 1.82) is 0 Å². The molecule has 0 N–H and O–H groups in total. The van der Waals surface area contributed by atoms with Gasteiger partial charge in [0.05, 0.1) is 20.3 Å². The van der Waals surface area contributed by atoms with E-state index in [2.05, 4.69) is 15.9 Å². The fraction of sp³-hybridized carbons (Fsp3) is 0.353. The molecule has 1 aliphatic heterocycles. The fourth-order valence-corrected chi connectivity index (χ4v) is 3.30. The van der Waals surface area contributed by atoms with Crippen molar-refractivity contribution in [3.8, 4) is 11.5 Å². The van der Waals surface area contributed by atoms with Gasteiger partial charge in [-0.3, -0.25) is 4.79 Å². The van der Waals surface area contributed by atoms with E-state index in [1.807, 2.05) is 23.1 Å². The highest BCUT2D eigenvalue weighted by Crippen LogP contribution is 2.39. The van der Waals surface area contributed by atoms with Crippen LogP contribution in [0.5, 0.6) is 11.5 Å². The fourth-order valence-electron chi connectivity index (χ4n) is 3.00. The molecular weight excluding hydrogens is 362 g/mol. The zero-order chi connectivity index (χ0) is 16.4. The maximum atomic E-state index is 12.7. The first-order valence-electron chi connectivity index (χ1n) is 7.42. The molecule has 2 heterocycles. The van der Waals surface area contributed by atoms with Crippen molar-refractivity contribution in [2.24, 2.45) is 0 Å². The summed E-state index contributed by atoms with van der Waals surface area (Å²) in [7, 11) is 3.25. The normalized spacial score (nSPS) is 17.3. The Balaban J connectivity index is 1.91. The first-order valence-corrected chi connectivity index (χ1v) is 8.21. The van der Waals surface area contributed by atoms with E-state index in [1.165, 1.54) is 0 Å². The van der Waals surface area contributed by atoms with Crippen LogP contribution in [0.3, 0.4) is 0 Å². The van der Waals surface area contributed by atoms with Gasteiger partial charge < -0.3 is 18.8 Å². The van der Waals surface area contributed by atoms with E-state index in [0.717, 1.165) is 29.9 Å². The van der Waals surface area contributed by atoms with E-state index in [4.69, 9.17) is 13.9 Å². The van der Waals surface area contributed by atoms with Gasteiger partial charge in [-0.1, -0.05) is 0 Å². The molecule has 0 radical (unpaired) electrons. The number of furan rings is 1. The predicted molar refractivity (Wildman–Crippen MR) is 89.0 cm³/mol. The SMILES string of the molecule is COc1ccc([C@H]2CCCN2C(=O)c2ccc(Br)o2)c(OC)c1. The summed E-state index contributed by atoms with van der Waals surface area (Å²) in [5.74, 6) is 1.71. The van der Waals surface area contributed by atoms with Crippen molar-refractivity contribution in [3.05, 3.63) is 46.3 Å². The van der Waals surface area contributed by atoms with Crippen LogP contribution in [0, 0.1) is 0 Å². The van der Waals surface area contributed by atoms with Gasteiger partial charge in [-0.05, 0) is 53.0 Å². The number of methoxy groups -OCH3 is 2. The largest absolute Gasteiger partial charge is 0.497 e. The molecule has 1 amide bonds. The molecule has 0 bridgehead atoms. The summed E-state index contributed by atoms with van der Waals surface area (Å²) < 4.78 is 16.7. The third kappa shape index (κ3) is 3.08. The maximum absolute atomic E-state index is 12.7. The zero-order valence-corrected chi connectivity index (χ0v) is 14.6. The smallest absolute Gasteiger partial charge is 0.290 e. The highest BCUT2D eigenvalue weighted by molar-refractivity contribution is 9.10. The molecular formula is C17H18BrNO4. The van der Waals surface area contributed by atoms with Crippen LogP contribution in [-0.4, -0.2) is 31.6 Å². The Labute approximate surface area is 143 Å². The molecule has 0 saturated carbocycles. The summed E-state index contributed by atoms with van der Waals surface area (Å²) in [6.45, 7) is 0.705. The lowest BCUT2D eigenvalue weighted by Crippen LogP contribution is -2.30. The lowest BCUT2D eigenvalue weighted by atomic mass is 10.0. The van der Waals surface area contributed by atoms with Gasteiger partial charge in [-0.25, -0.2) is 0 Å². The standard InChI is InChI=1S/C17H18BrNO4/c1-21-11-5-6-12(15(10-11)22-2)13-4-3-9-19(13)17(20)14-7-8-16(18)23-14/h5-8,10,13H,3-4,9H2,1-2H3/t13-/m1/s1. The predicted octanol–water partition coefficient (Wildman–Crippen LogP) is 4.04. The second kappa shape index (κ2) is 6.66. The topological polar surface area (TPSA) is 51.9 Å². The number of likely N-dealkylation sites (tertiary alicyclic amines) is 1. The summed E-state index contributed by atoms with van der Waals surface area (Å²) in [6, 6.07) is 9.10. The quantitative estimate of drug-likeness (QED) is 0.804. The molecule has 23 heavy (non-hydrogen) atoms. The number of halogens is 1. The van der Waals surface area contributed by atoms with Crippen molar-refractivity contribution in [3.63, 3.8) is 0 Å². The van der Waals surface area contributed by atoms with Crippen LogP contribution in [-0.2, 0) is 0 Å². The Bertz CT molecular complexity index is 712. The molecule has 1 aromatic heterocycles. The lowest BCUT2D eigenvalue weighted by Gasteiger charge is -2.25. The van der Waals surface area contributed by atoms with Crippen LogP contribution >= 0.6 is 15.9 Å². The molecule has 6 heteroatoms. The van der Waals surface area contributed by atoms with Crippen LogP contribution in [0.25, 0.3) is 0 Å². The van der Waals surface area contributed by atoms with E-state index in [9.17, 15) is 4.79 Å². The van der Waals surface area contributed by atoms with Crippen molar-refractivity contribution in [1.82, 2.24) is 4.90 Å². The Morgan fingerprint density at radius 2 is 2.09 bits per heavy atom. The number of carbonyl (C=O) groups excluding carboxylic acids is 1. The lowest BCUT2D eigenvalue weighted by molar-refractivity contribution is 0.0700. The number of ether oxygens (including phenoxy) is 2. The molecule has 5 nitrogen and oxygen atoms in total. The molecule has 1 aromatic carbocycles. The number of benzene rings is 1. The molecule has 1 fully saturated rings. The number of carbonyl (C=O) groups is 1. The van der Waals surface area contributed by atoms with E-state index < -0.39 is 0 Å². The molecule has 1 atom stereocenters. The van der Waals surface area contributed by atoms with Crippen LogP contribution in [0.2, 0.25) is 0 Å². The van der Waals surface area contributed by atoms with Gasteiger partial charge in [0.25, 0.3) is 5.91 Å².